The van der Waals surface area contributed by atoms with Crippen LogP contribution in [0.4, 0.5) is 4.39 Å². The summed E-state index contributed by atoms with van der Waals surface area (Å²) in [5.74, 6) is -0.391. The Bertz CT molecular complexity index is 179. The summed E-state index contributed by atoms with van der Waals surface area (Å²) in [4.78, 5) is 11.0. The summed E-state index contributed by atoms with van der Waals surface area (Å²) >= 11 is 0. The number of hydrogen-bond acceptors (Lipinski definition) is 3. The van der Waals surface area contributed by atoms with Crippen molar-refractivity contribution in [2.45, 2.75) is 25.1 Å². The minimum absolute atomic E-state index is 0. The molecule has 1 N–H and O–H groups in total. The van der Waals surface area contributed by atoms with Crippen LogP contribution in [0.5, 0.6) is 0 Å². The number of nitrogens with one attached hydrogen (secondary N) is 1. The van der Waals surface area contributed by atoms with E-state index < -0.39 is 17.7 Å². The number of alkyl halides is 1. The Morgan fingerprint density at radius 3 is 2.67 bits per heavy atom. The number of carbonyl (C=O) groups is 1. The van der Waals surface area contributed by atoms with Crippen LogP contribution in [0, 0.1) is 0 Å². The smallest absolute Gasteiger partial charge is 0.325 e. The predicted molar refractivity (Wildman–Crippen MR) is 45.2 cm³/mol. The molecule has 0 unspecified atom stereocenters. The van der Waals surface area contributed by atoms with Crippen LogP contribution in [0.1, 0.15) is 13.3 Å². The molecule has 1 fully saturated rings. The van der Waals surface area contributed by atoms with E-state index in [0.29, 0.717) is 0 Å². The molecular formula is C7H13ClFNO2. The molecule has 0 aliphatic carbocycles. The second-order valence-electron chi connectivity index (χ2n) is 3.01. The lowest BCUT2D eigenvalue weighted by Gasteiger charge is -2.19. The standard InChI is InChI=1S/C7H12FNO2.ClH/c1-7(6(10)11-2)3-5(8)4-9-7;/h5,9H,3-4H2,1-2H3;1H/t5-,7-;/m1./s1. The molecule has 12 heavy (non-hydrogen) atoms. The summed E-state index contributed by atoms with van der Waals surface area (Å²) in [6.07, 6.45) is -0.723. The normalized spacial score (nSPS) is 34.1. The summed E-state index contributed by atoms with van der Waals surface area (Å²) in [6.45, 7) is 1.89. The van der Waals surface area contributed by atoms with Gasteiger partial charge in [-0.1, -0.05) is 0 Å². The zero-order valence-electron chi connectivity index (χ0n) is 7.09. The molecule has 0 saturated carbocycles. The fourth-order valence-corrected chi connectivity index (χ4v) is 1.30. The second-order valence-corrected chi connectivity index (χ2v) is 3.01. The molecule has 0 amide bonds. The molecular weight excluding hydrogens is 185 g/mol. The Morgan fingerprint density at radius 2 is 2.33 bits per heavy atom. The number of hydrogen-bond donors (Lipinski definition) is 1. The van der Waals surface area contributed by atoms with E-state index >= 15 is 0 Å². The van der Waals surface area contributed by atoms with Gasteiger partial charge in [-0.3, -0.25) is 10.1 Å². The maximum atomic E-state index is 12.6. The quantitative estimate of drug-likeness (QED) is 0.628. The van der Waals surface area contributed by atoms with E-state index in [2.05, 4.69) is 10.1 Å². The van der Waals surface area contributed by atoms with Gasteiger partial charge in [-0.15, -0.1) is 12.4 Å². The van der Waals surface area contributed by atoms with Crippen molar-refractivity contribution >= 4 is 18.4 Å². The first-order chi connectivity index (χ1) is 5.08. The van der Waals surface area contributed by atoms with E-state index in [0.717, 1.165) is 0 Å². The highest BCUT2D eigenvalue weighted by Gasteiger charge is 2.41. The molecule has 72 valence electrons. The molecule has 0 bridgehead atoms. The van der Waals surface area contributed by atoms with E-state index in [-0.39, 0.29) is 25.4 Å². The van der Waals surface area contributed by atoms with Gasteiger partial charge in [0.05, 0.1) is 7.11 Å². The van der Waals surface area contributed by atoms with E-state index in [1.807, 2.05) is 0 Å². The Kier molecular flexibility index (Phi) is 3.93. The molecule has 1 aliphatic rings. The van der Waals surface area contributed by atoms with E-state index in [4.69, 9.17) is 0 Å². The number of halogens is 2. The average Bonchev–Trinajstić information content (AvgIpc) is 2.31. The SMILES string of the molecule is COC(=O)[C@@]1(C)C[C@@H](F)CN1.Cl. The minimum atomic E-state index is -0.931. The zero-order valence-corrected chi connectivity index (χ0v) is 7.91. The number of ether oxygens (including phenoxy) is 1. The van der Waals surface area contributed by atoms with Crippen molar-refractivity contribution in [3.05, 3.63) is 0 Å². The van der Waals surface area contributed by atoms with Gasteiger partial charge in [-0.25, -0.2) is 4.39 Å². The van der Waals surface area contributed by atoms with Crippen molar-refractivity contribution in [3.8, 4) is 0 Å². The fourth-order valence-electron chi connectivity index (χ4n) is 1.30. The summed E-state index contributed by atoms with van der Waals surface area (Å²) in [7, 11) is 1.31. The molecule has 1 rings (SSSR count). The van der Waals surface area contributed by atoms with Gasteiger partial charge in [0.25, 0.3) is 0 Å². The molecule has 0 aromatic rings. The molecule has 1 saturated heterocycles. The summed E-state index contributed by atoms with van der Waals surface area (Å²) < 4.78 is 17.2. The average molecular weight is 198 g/mol. The van der Waals surface area contributed by atoms with Gasteiger partial charge in [-0.05, 0) is 6.92 Å². The first-order valence-corrected chi connectivity index (χ1v) is 3.56. The van der Waals surface area contributed by atoms with Gasteiger partial charge >= 0.3 is 5.97 Å². The number of esters is 1. The molecule has 5 heteroatoms. The largest absolute Gasteiger partial charge is 0.468 e. The Labute approximate surface area is 77.1 Å². The molecule has 1 heterocycles. The van der Waals surface area contributed by atoms with Crippen LogP contribution in [0.15, 0.2) is 0 Å². The first kappa shape index (κ1) is 11.6. The van der Waals surface area contributed by atoms with Gasteiger partial charge in [-0.2, -0.15) is 0 Å². The van der Waals surface area contributed by atoms with Crippen LogP contribution in [-0.4, -0.2) is 31.3 Å². The van der Waals surface area contributed by atoms with E-state index in [1.165, 1.54) is 7.11 Å². The van der Waals surface area contributed by atoms with Crippen molar-refractivity contribution < 1.29 is 13.9 Å². The lowest BCUT2D eigenvalue weighted by atomic mass is 10.0. The minimum Gasteiger partial charge on any atom is -0.468 e. The second kappa shape index (κ2) is 4.05. The third-order valence-electron chi connectivity index (χ3n) is 1.98. The Hall–Kier alpha value is -0.350. The topological polar surface area (TPSA) is 38.3 Å². The van der Waals surface area contributed by atoms with Crippen LogP contribution in [0.2, 0.25) is 0 Å². The fraction of sp³-hybridized carbons (Fsp3) is 0.857. The highest BCUT2D eigenvalue weighted by atomic mass is 35.5. The zero-order chi connectivity index (χ0) is 8.48. The summed E-state index contributed by atoms with van der Waals surface area (Å²) in [6, 6.07) is 0. The van der Waals surface area contributed by atoms with Crippen molar-refractivity contribution in [2.24, 2.45) is 0 Å². The molecule has 2 atom stereocenters. The molecule has 0 radical (unpaired) electrons. The van der Waals surface area contributed by atoms with Crippen molar-refractivity contribution in [2.75, 3.05) is 13.7 Å². The first-order valence-electron chi connectivity index (χ1n) is 3.56. The highest BCUT2D eigenvalue weighted by molar-refractivity contribution is 5.85. The molecule has 0 aromatic carbocycles. The molecule has 3 nitrogen and oxygen atoms in total. The van der Waals surface area contributed by atoms with E-state index in [9.17, 15) is 9.18 Å². The monoisotopic (exact) mass is 197 g/mol. The number of rotatable bonds is 1. The van der Waals surface area contributed by atoms with Gasteiger partial charge < -0.3 is 4.74 Å². The summed E-state index contributed by atoms with van der Waals surface area (Å²) in [5, 5.41) is 2.78. The Morgan fingerprint density at radius 1 is 1.75 bits per heavy atom. The van der Waals surface area contributed by atoms with Crippen LogP contribution < -0.4 is 5.32 Å². The van der Waals surface area contributed by atoms with Gasteiger partial charge in [0, 0.05) is 13.0 Å². The van der Waals surface area contributed by atoms with Crippen LogP contribution in [-0.2, 0) is 9.53 Å². The van der Waals surface area contributed by atoms with Crippen LogP contribution >= 0.6 is 12.4 Å². The maximum absolute atomic E-state index is 12.6. The van der Waals surface area contributed by atoms with E-state index in [1.54, 1.807) is 6.92 Å². The maximum Gasteiger partial charge on any atom is 0.325 e. The lowest BCUT2D eigenvalue weighted by Crippen LogP contribution is -2.45. The van der Waals surface area contributed by atoms with Crippen molar-refractivity contribution in [1.82, 2.24) is 5.32 Å². The van der Waals surface area contributed by atoms with Crippen molar-refractivity contribution in [1.29, 1.82) is 0 Å². The highest BCUT2D eigenvalue weighted by Crippen LogP contribution is 2.22. The third-order valence-corrected chi connectivity index (χ3v) is 1.98. The molecule has 1 aliphatic heterocycles. The Balaban J connectivity index is 0.00000121. The third kappa shape index (κ3) is 2.08. The molecule has 0 spiro atoms. The van der Waals surface area contributed by atoms with Crippen LogP contribution in [0.3, 0.4) is 0 Å². The number of methoxy groups -OCH3 is 1. The predicted octanol–water partition coefficient (Wildman–Crippen LogP) is 0.671. The molecule has 0 aromatic heterocycles. The van der Waals surface area contributed by atoms with Crippen LogP contribution in [0.25, 0.3) is 0 Å². The van der Waals surface area contributed by atoms with Gasteiger partial charge in [0.2, 0.25) is 0 Å². The van der Waals surface area contributed by atoms with Crippen molar-refractivity contribution in [3.63, 3.8) is 0 Å². The van der Waals surface area contributed by atoms with Gasteiger partial charge in [0.15, 0.2) is 0 Å². The lowest BCUT2D eigenvalue weighted by molar-refractivity contribution is -0.147. The number of carbonyl (C=O) groups excluding carboxylic acids is 1. The van der Waals surface area contributed by atoms with Gasteiger partial charge in [0.1, 0.15) is 11.7 Å². The summed E-state index contributed by atoms with van der Waals surface area (Å²) in [5.41, 5.74) is -0.811.